The molecule has 30 heavy (non-hydrogen) atoms. The van der Waals surface area contributed by atoms with E-state index >= 15 is 0 Å². The summed E-state index contributed by atoms with van der Waals surface area (Å²) in [5, 5.41) is 0. The third kappa shape index (κ3) is 23.2. The SMILES string of the molecule is CCCCCCCCCCCCCCCCOC(=O)CCCCC(=O)OCC(C)C. The summed E-state index contributed by atoms with van der Waals surface area (Å²) in [6, 6.07) is 0. The zero-order valence-corrected chi connectivity index (χ0v) is 20.4. The zero-order valence-electron chi connectivity index (χ0n) is 20.4. The van der Waals surface area contributed by atoms with Gasteiger partial charge >= 0.3 is 11.9 Å². The molecule has 0 aliphatic rings. The van der Waals surface area contributed by atoms with Gasteiger partial charge in [0.25, 0.3) is 0 Å². The van der Waals surface area contributed by atoms with E-state index in [0.717, 1.165) is 12.8 Å². The third-order valence-corrected chi connectivity index (χ3v) is 5.35. The topological polar surface area (TPSA) is 52.6 Å². The molecule has 0 N–H and O–H groups in total. The first-order valence-corrected chi connectivity index (χ1v) is 12.9. The van der Waals surface area contributed by atoms with Gasteiger partial charge in [0.1, 0.15) is 0 Å². The van der Waals surface area contributed by atoms with Crippen LogP contribution in [0.5, 0.6) is 0 Å². The molecule has 0 aromatic rings. The molecule has 0 atom stereocenters. The number of unbranched alkanes of at least 4 members (excludes halogenated alkanes) is 14. The quantitative estimate of drug-likeness (QED) is 0.131. The van der Waals surface area contributed by atoms with Crippen LogP contribution in [0.25, 0.3) is 0 Å². The maximum atomic E-state index is 11.7. The van der Waals surface area contributed by atoms with Crippen LogP contribution in [0.1, 0.15) is 136 Å². The van der Waals surface area contributed by atoms with Crippen molar-refractivity contribution >= 4 is 11.9 Å². The van der Waals surface area contributed by atoms with Gasteiger partial charge in [-0.2, -0.15) is 0 Å². The monoisotopic (exact) mass is 426 g/mol. The molecule has 0 radical (unpaired) electrons. The molecular formula is C26H50O4. The van der Waals surface area contributed by atoms with E-state index in [1.54, 1.807) is 0 Å². The molecule has 4 nitrogen and oxygen atoms in total. The highest BCUT2D eigenvalue weighted by Crippen LogP contribution is 2.13. The summed E-state index contributed by atoms with van der Waals surface area (Å²) in [6.45, 7) is 7.31. The van der Waals surface area contributed by atoms with Crippen molar-refractivity contribution in [2.45, 2.75) is 136 Å². The molecule has 0 rings (SSSR count). The van der Waals surface area contributed by atoms with Gasteiger partial charge in [-0.25, -0.2) is 0 Å². The summed E-state index contributed by atoms with van der Waals surface area (Å²) in [5.41, 5.74) is 0. The summed E-state index contributed by atoms with van der Waals surface area (Å²) in [4.78, 5) is 23.2. The smallest absolute Gasteiger partial charge is 0.305 e. The molecular weight excluding hydrogens is 376 g/mol. The molecule has 0 aromatic heterocycles. The van der Waals surface area contributed by atoms with E-state index in [4.69, 9.17) is 9.47 Å². The van der Waals surface area contributed by atoms with E-state index in [2.05, 4.69) is 6.92 Å². The number of hydrogen-bond acceptors (Lipinski definition) is 4. The van der Waals surface area contributed by atoms with E-state index in [9.17, 15) is 9.59 Å². The minimum Gasteiger partial charge on any atom is -0.466 e. The molecule has 0 spiro atoms. The lowest BCUT2D eigenvalue weighted by molar-refractivity contribution is -0.146. The highest BCUT2D eigenvalue weighted by Gasteiger charge is 2.07. The largest absolute Gasteiger partial charge is 0.466 e. The van der Waals surface area contributed by atoms with Gasteiger partial charge in [-0.1, -0.05) is 104 Å². The second kappa shape index (κ2) is 22.6. The average Bonchev–Trinajstić information content (AvgIpc) is 2.72. The average molecular weight is 427 g/mol. The van der Waals surface area contributed by atoms with Gasteiger partial charge in [-0.05, 0) is 25.2 Å². The number of carbonyl (C=O) groups is 2. The zero-order chi connectivity index (χ0) is 22.3. The highest BCUT2D eigenvalue weighted by molar-refractivity contribution is 5.70. The van der Waals surface area contributed by atoms with Crippen LogP contribution < -0.4 is 0 Å². The Labute approximate surface area is 186 Å². The maximum Gasteiger partial charge on any atom is 0.305 e. The molecule has 0 unspecified atom stereocenters. The summed E-state index contributed by atoms with van der Waals surface area (Å²) in [5.74, 6) is 0.0542. The lowest BCUT2D eigenvalue weighted by Crippen LogP contribution is -2.10. The van der Waals surface area contributed by atoms with Crippen LogP contribution in [0.3, 0.4) is 0 Å². The van der Waals surface area contributed by atoms with Crippen LogP contribution in [0, 0.1) is 5.92 Å². The molecule has 4 heteroatoms. The standard InChI is InChI=1S/C26H50O4/c1-4-5-6-7-8-9-10-11-12-13-14-15-16-19-22-29-25(27)20-17-18-21-26(28)30-23-24(2)3/h24H,4-23H2,1-3H3. The van der Waals surface area contributed by atoms with Crippen LogP contribution in [0.15, 0.2) is 0 Å². The Hall–Kier alpha value is -1.06. The Bertz CT molecular complexity index is 392. The number of hydrogen-bond donors (Lipinski definition) is 0. The number of carbonyl (C=O) groups excluding carboxylic acids is 2. The fourth-order valence-corrected chi connectivity index (χ4v) is 3.43. The van der Waals surface area contributed by atoms with E-state index < -0.39 is 0 Å². The summed E-state index contributed by atoms with van der Waals surface area (Å²) in [6.07, 6.45) is 20.7. The van der Waals surface area contributed by atoms with Crippen LogP contribution in [0.2, 0.25) is 0 Å². The van der Waals surface area contributed by atoms with Crippen LogP contribution in [-0.4, -0.2) is 25.2 Å². The van der Waals surface area contributed by atoms with Gasteiger partial charge in [0.05, 0.1) is 13.2 Å². The first-order chi connectivity index (χ1) is 14.6. The second-order valence-corrected chi connectivity index (χ2v) is 9.10. The van der Waals surface area contributed by atoms with Crippen molar-refractivity contribution < 1.29 is 19.1 Å². The Morgan fingerprint density at radius 2 is 0.967 bits per heavy atom. The van der Waals surface area contributed by atoms with Crippen LogP contribution >= 0.6 is 0 Å². The number of rotatable bonds is 22. The van der Waals surface area contributed by atoms with Crippen molar-refractivity contribution in [3.05, 3.63) is 0 Å². The molecule has 0 aliphatic carbocycles. The predicted molar refractivity (Wildman–Crippen MR) is 126 cm³/mol. The normalized spacial score (nSPS) is 11.1. The summed E-state index contributed by atoms with van der Waals surface area (Å²) in [7, 11) is 0. The Morgan fingerprint density at radius 3 is 1.40 bits per heavy atom. The fraction of sp³-hybridized carbons (Fsp3) is 0.923. The van der Waals surface area contributed by atoms with Crippen LogP contribution in [-0.2, 0) is 19.1 Å². The summed E-state index contributed by atoms with van der Waals surface area (Å²) < 4.78 is 10.4. The van der Waals surface area contributed by atoms with Crippen LogP contribution in [0.4, 0.5) is 0 Å². The molecule has 0 saturated carbocycles. The van der Waals surface area contributed by atoms with Gasteiger partial charge in [-0.15, -0.1) is 0 Å². The van der Waals surface area contributed by atoms with E-state index in [1.165, 1.54) is 77.0 Å². The number of ether oxygens (including phenoxy) is 2. The fourth-order valence-electron chi connectivity index (χ4n) is 3.43. The van der Waals surface area contributed by atoms with Gasteiger partial charge < -0.3 is 9.47 Å². The lowest BCUT2D eigenvalue weighted by atomic mass is 10.0. The van der Waals surface area contributed by atoms with Crippen molar-refractivity contribution in [1.29, 1.82) is 0 Å². The Morgan fingerprint density at radius 1 is 0.567 bits per heavy atom. The Kier molecular flexibility index (Phi) is 21.8. The summed E-state index contributed by atoms with van der Waals surface area (Å²) >= 11 is 0. The minimum absolute atomic E-state index is 0.139. The van der Waals surface area contributed by atoms with E-state index in [1.807, 2.05) is 13.8 Å². The van der Waals surface area contributed by atoms with Crippen molar-refractivity contribution in [3.63, 3.8) is 0 Å². The van der Waals surface area contributed by atoms with Crippen molar-refractivity contribution in [3.8, 4) is 0 Å². The third-order valence-electron chi connectivity index (χ3n) is 5.35. The first kappa shape index (κ1) is 28.9. The second-order valence-electron chi connectivity index (χ2n) is 9.10. The molecule has 0 saturated heterocycles. The molecule has 178 valence electrons. The molecule has 0 amide bonds. The lowest BCUT2D eigenvalue weighted by Gasteiger charge is -2.07. The first-order valence-electron chi connectivity index (χ1n) is 12.9. The van der Waals surface area contributed by atoms with Gasteiger partial charge in [0.2, 0.25) is 0 Å². The highest BCUT2D eigenvalue weighted by atomic mass is 16.5. The van der Waals surface area contributed by atoms with E-state index in [-0.39, 0.29) is 11.9 Å². The van der Waals surface area contributed by atoms with E-state index in [0.29, 0.717) is 44.8 Å². The molecule has 0 aromatic carbocycles. The van der Waals surface area contributed by atoms with Crippen molar-refractivity contribution in [2.24, 2.45) is 5.92 Å². The number of esters is 2. The van der Waals surface area contributed by atoms with Gasteiger partial charge in [0.15, 0.2) is 0 Å². The Balaban J connectivity index is 3.24. The minimum atomic E-state index is -0.167. The molecule has 0 fully saturated rings. The maximum absolute atomic E-state index is 11.7. The molecule has 0 heterocycles. The molecule has 0 aliphatic heterocycles. The van der Waals surface area contributed by atoms with Gasteiger partial charge in [-0.3, -0.25) is 9.59 Å². The van der Waals surface area contributed by atoms with Crippen molar-refractivity contribution in [2.75, 3.05) is 13.2 Å². The van der Waals surface area contributed by atoms with Crippen molar-refractivity contribution in [1.82, 2.24) is 0 Å². The van der Waals surface area contributed by atoms with Gasteiger partial charge in [0, 0.05) is 12.8 Å². The molecule has 0 bridgehead atoms. The predicted octanol–water partition coefficient (Wildman–Crippen LogP) is 7.77.